The molecular weight excluding hydrogens is 188 g/mol. The third-order valence-corrected chi connectivity index (χ3v) is 5.73. The molecule has 0 saturated heterocycles. The van der Waals surface area contributed by atoms with Crippen LogP contribution in [0.1, 0.15) is 20.3 Å². The van der Waals surface area contributed by atoms with Crippen LogP contribution in [0.25, 0.3) is 0 Å². The monoisotopic (exact) mass is 204 g/mol. The molecule has 0 N–H and O–H groups in total. The van der Waals surface area contributed by atoms with Gasteiger partial charge in [-0.15, -0.1) is 0 Å². The summed E-state index contributed by atoms with van der Waals surface area (Å²) in [4.78, 5) is 22.8. The minimum atomic E-state index is 0.397. The fourth-order valence-corrected chi connectivity index (χ4v) is 5.47. The van der Waals surface area contributed by atoms with E-state index in [2.05, 4.69) is 0 Å². The molecule has 4 unspecified atom stereocenters. The molecule has 2 heteroatoms. The third kappa shape index (κ3) is 0.765. The van der Waals surface area contributed by atoms with E-state index in [0.29, 0.717) is 47.1 Å². The van der Waals surface area contributed by atoms with Crippen molar-refractivity contribution in [3.8, 4) is 0 Å². The molecule has 0 spiro atoms. The second-order valence-electron chi connectivity index (χ2n) is 6.15. The Morgan fingerprint density at radius 2 is 1.13 bits per heavy atom. The molecule has 80 valence electrons. The molecule has 0 aliphatic heterocycles. The molecule has 0 amide bonds. The lowest BCUT2D eigenvalue weighted by atomic mass is 9.91. The van der Waals surface area contributed by atoms with E-state index in [-0.39, 0.29) is 0 Å². The van der Waals surface area contributed by atoms with Crippen LogP contribution in [0.3, 0.4) is 0 Å². The van der Waals surface area contributed by atoms with E-state index >= 15 is 0 Å². The van der Waals surface area contributed by atoms with Gasteiger partial charge in [-0.3, -0.25) is 9.59 Å². The van der Waals surface area contributed by atoms with E-state index in [4.69, 9.17) is 0 Å². The summed E-state index contributed by atoms with van der Waals surface area (Å²) in [5, 5.41) is 0. The Hall–Kier alpha value is -0.660. The zero-order valence-corrected chi connectivity index (χ0v) is 9.14. The Morgan fingerprint density at radius 3 is 1.40 bits per heavy atom. The van der Waals surface area contributed by atoms with Crippen molar-refractivity contribution in [1.29, 1.82) is 0 Å². The zero-order valence-electron chi connectivity index (χ0n) is 9.14. The highest BCUT2D eigenvalue weighted by Gasteiger charge is 2.80. The summed E-state index contributed by atoms with van der Waals surface area (Å²) in [6, 6.07) is 0. The van der Waals surface area contributed by atoms with E-state index in [1.807, 2.05) is 0 Å². The van der Waals surface area contributed by atoms with Crippen molar-refractivity contribution in [2.45, 2.75) is 20.3 Å². The number of rotatable bonds is 2. The molecule has 0 aromatic carbocycles. The largest absolute Gasteiger partial charge is 0.300 e. The Morgan fingerprint density at radius 1 is 0.800 bits per heavy atom. The minimum Gasteiger partial charge on any atom is -0.300 e. The van der Waals surface area contributed by atoms with Crippen molar-refractivity contribution in [2.75, 3.05) is 0 Å². The molecule has 4 atom stereocenters. The van der Waals surface area contributed by atoms with Gasteiger partial charge in [0.05, 0.1) is 0 Å². The Bertz CT molecular complexity index is 330. The first-order valence-corrected chi connectivity index (χ1v) is 6.14. The van der Waals surface area contributed by atoms with Crippen LogP contribution in [0.2, 0.25) is 0 Å². The smallest absolute Gasteiger partial charge is 0.133 e. The molecular formula is C13H16O2. The van der Waals surface area contributed by atoms with Gasteiger partial charge >= 0.3 is 0 Å². The predicted octanol–water partition coefficient (Wildman–Crippen LogP) is 1.54. The molecule has 2 nitrogen and oxygen atoms in total. The Kier molecular flexibility index (Phi) is 1.25. The maximum absolute atomic E-state index is 11.4. The lowest BCUT2D eigenvalue weighted by Crippen LogP contribution is -2.14. The molecule has 0 aromatic heterocycles. The molecule has 2 bridgehead atoms. The molecule has 0 radical (unpaired) electrons. The van der Waals surface area contributed by atoms with Crippen LogP contribution in [-0.4, -0.2) is 11.6 Å². The van der Waals surface area contributed by atoms with E-state index in [9.17, 15) is 9.59 Å². The Balaban J connectivity index is 1.61. The molecule has 4 aliphatic carbocycles. The number of ketones is 2. The number of Topliss-reactive ketones (excluding diaryl/α,β-unsaturated/α-hetero) is 2. The van der Waals surface area contributed by atoms with Crippen LogP contribution in [0.5, 0.6) is 0 Å². The van der Waals surface area contributed by atoms with Crippen LogP contribution in [0, 0.1) is 47.3 Å². The third-order valence-electron chi connectivity index (χ3n) is 5.73. The van der Waals surface area contributed by atoms with Crippen molar-refractivity contribution in [3.63, 3.8) is 0 Å². The average molecular weight is 204 g/mol. The average Bonchev–Trinajstić information content (AvgIpc) is 3.02. The molecule has 0 aromatic rings. The van der Waals surface area contributed by atoms with Gasteiger partial charge in [-0.05, 0) is 55.8 Å². The normalized spacial score (nSPS) is 62.3. The highest BCUT2D eigenvalue weighted by molar-refractivity contribution is 5.85. The number of hydrogen-bond acceptors (Lipinski definition) is 2. The maximum Gasteiger partial charge on any atom is 0.133 e. The summed E-state index contributed by atoms with van der Waals surface area (Å²) in [6.07, 6.45) is 1.33. The van der Waals surface area contributed by atoms with Gasteiger partial charge in [0.15, 0.2) is 0 Å². The second kappa shape index (κ2) is 2.21. The standard InChI is InChI=1S/C13H16O2/c1-4(14)8-10-6-3-7(11(8)10)13-9(5(2)15)12(6)13/h6-13H,3H2,1-2H3. The van der Waals surface area contributed by atoms with Crippen LogP contribution in [0.4, 0.5) is 0 Å². The summed E-state index contributed by atoms with van der Waals surface area (Å²) >= 11 is 0. The van der Waals surface area contributed by atoms with Gasteiger partial charge in [-0.2, -0.15) is 0 Å². The summed E-state index contributed by atoms with van der Waals surface area (Å²) < 4.78 is 0. The molecule has 4 rings (SSSR count). The number of carbonyl (C=O) groups is 2. The van der Waals surface area contributed by atoms with Gasteiger partial charge in [0.2, 0.25) is 0 Å². The van der Waals surface area contributed by atoms with Gasteiger partial charge in [0, 0.05) is 11.8 Å². The first kappa shape index (κ1) is 8.49. The van der Waals surface area contributed by atoms with Crippen molar-refractivity contribution < 1.29 is 9.59 Å². The summed E-state index contributed by atoms with van der Waals surface area (Å²) in [6.45, 7) is 3.49. The Labute approximate surface area is 89.4 Å². The highest BCUT2D eigenvalue weighted by atomic mass is 16.1. The van der Waals surface area contributed by atoms with Crippen molar-refractivity contribution in [2.24, 2.45) is 47.3 Å². The molecule has 0 heterocycles. The fraction of sp³-hybridized carbons (Fsp3) is 0.846. The topological polar surface area (TPSA) is 34.1 Å². The summed E-state index contributed by atoms with van der Waals surface area (Å²) in [7, 11) is 0. The molecule has 4 saturated carbocycles. The highest BCUT2D eigenvalue weighted by Crippen LogP contribution is 2.81. The predicted molar refractivity (Wildman–Crippen MR) is 53.9 cm³/mol. The number of fused-ring (bicyclic) bond motifs is 8. The SMILES string of the molecule is CC(=O)C1C2C3CC(C12)C1C(C(C)=O)C31. The quantitative estimate of drug-likeness (QED) is 0.683. The van der Waals surface area contributed by atoms with Crippen LogP contribution in [0.15, 0.2) is 0 Å². The first-order chi connectivity index (χ1) is 7.13. The molecule has 15 heavy (non-hydrogen) atoms. The second-order valence-corrected chi connectivity index (χ2v) is 6.15. The van der Waals surface area contributed by atoms with E-state index in [1.165, 1.54) is 6.42 Å². The van der Waals surface area contributed by atoms with E-state index in [1.54, 1.807) is 13.8 Å². The number of hydrogen-bond donors (Lipinski definition) is 0. The molecule has 4 fully saturated rings. The first-order valence-electron chi connectivity index (χ1n) is 6.14. The van der Waals surface area contributed by atoms with Crippen molar-refractivity contribution in [3.05, 3.63) is 0 Å². The van der Waals surface area contributed by atoms with Crippen LogP contribution < -0.4 is 0 Å². The lowest BCUT2D eigenvalue weighted by molar-refractivity contribution is -0.119. The van der Waals surface area contributed by atoms with Gasteiger partial charge in [0.1, 0.15) is 11.6 Å². The van der Waals surface area contributed by atoms with Gasteiger partial charge in [0.25, 0.3) is 0 Å². The van der Waals surface area contributed by atoms with Crippen LogP contribution >= 0.6 is 0 Å². The fourth-order valence-electron chi connectivity index (χ4n) is 5.47. The van der Waals surface area contributed by atoms with Crippen molar-refractivity contribution in [1.82, 2.24) is 0 Å². The van der Waals surface area contributed by atoms with Crippen molar-refractivity contribution >= 4 is 11.6 Å². The molecule has 4 aliphatic rings. The van der Waals surface area contributed by atoms with Crippen LogP contribution in [-0.2, 0) is 9.59 Å². The summed E-state index contributed by atoms with van der Waals surface area (Å²) in [5.41, 5.74) is 0. The van der Waals surface area contributed by atoms with Gasteiger partial charge in [-0.25, -0.2) is 0 Å². The van der Waals surface area contributed by atoms with Gasteiger partial charge in [-0.1, -0.05) is 0 Å². The maximum atomic E-state index is 11.4. The number of carbonyl (C=O) groups excluding carboxylic acids is 2. The van der Waals surface area contributed by atoms with Gasteiger partial charge < -0.3 is 0 Å². The zero-order chi connectivity index (χ0) is 10.5. The van der Waals surface area contributed by atoms with E-state index < -0.39 is 0 Å². The minimum absolute atomic E-state index is 0.397. The lowest BCUT2D eigenvalue weighted by Gasteiger charge is -2.13. The van der Waals surface area contributed by atoms with E-state index in [0.717, 1.165) is 11.8 Å². The summed E-state index contributed by atoms with van der Waals surface area (Å²) in [5.74, 6) is 5.86.